The molecule has 0 aromatic carbocycles. The summed E-state index contributed by atoms with van der Waals surface area (Å²) in [5.74, 6) is 1.03. The molecule has 0 radical (unpaired) electrons. The molecule has 0 unspecified atom stereocenters. The maximum absolute atomic E-state index is 5.24. The third kappa shape index (κ3) is 2.62. The second kappa shape index (κ2) is 5.60. The van der Waals surface area contributed by atoms with Gasteiger partial charge in [-0.2, -0.15) is 0 Å². The van der Waals surface area contributed by atoms with Gasteiger partial charge in [-0.05, 0) is 26.0 Å². The van der Waals surface area contributed by atoms with Crippen LogP contribution < -0.4 is 14.9 Å². The Bertz CT molecular complexity index is 524. The lowest BCUT2D eigenvalue weighted by Crippen LogP contribution is -2.18. The maximum atomic E-state index is 5.24. The lowest BCUT2D eigenvalue weighted by molar-refractivity contribution is 0.362. The highest BCUT2D eigenvalue weighted by Gasteiger charge is 2.13. The minimum atomic E-state index is 0.516. The molecule has 0 aliphatic carbocycles. The van der Waals surface area contributed by atoms with Crippen LogP contribution in [-0.4, -0.2) is 28.9 Å². The number of aryl methyl sites for hydroxylation is 2. The second-order valence-electron chi connectivity index (χ2n) is 4.16. The van der Waals surface area contributed by atoms with Gasteiger partial charge in [0, 0.05) is 11.4 Å². The fraction of sp³-hybridized carbons (Fsp3) is 0.385. The summed E-state index contributed by atoms with van der Waals surface area (Å²) in [6, 6.07) is 4.11. The summed E-state index contributed by atoms with van der Waals surface area (Å²) >= 11 is 0. The lowest BCUT2D eigenvalue weighted by atomic mass is 10.3. The van der Waals surface area contributed by atoms with Crippen molar-refractivity contribution in [1.29, 1.82) is 0 Å². The predicted molar refractivity (Wildman–Crippen MR) is 72.1 cm³/mol. The smallest absolute Gasteiger partial charge is 0.225 e. The number of methoxy groups -OCH3 is 2. The van der Waals surface area contributed by atoms with E-state index in [0.29, 0.717) is 18.3 Å². The van der Waals surface area contributed by atoms with Crippen LogP contribution in [0.3, 0.4) is 0 Å². The van der Waals surface area contributed by atoms with Crippen LogP contribution >= 0.6 is 0 Å². The Hall–Kier alpha value is -2.24. The Morgan fingerprint density at radius 2 is 1.58 bits per heavy atom. The molecular formula is C13H18N4O2. The molecule has 0 saturated carbocycles. The van der Waals surface area contributed by atoms with Crippen molar-refractivity contribution < 1.29 is 9.47 Å². The van der Waals surface area contributed by atoms with Gasteiger partial charge in [-0.15, -0.1) is 0 Å². The van der Waals surface area contributed by atoms with Crippen LogP contribution in [0.1, 0.15) is 17.0 Å². The Balaban J connectivity index is 2.24. The summed E-state index contributed by atoms with van der Waals surface area (Å²) < 4.78 is 12.5. The van der Waals surface area contributed by atoms with Gasteiger partial charge in [0.25, 0.3) is 0 Å². The first-order valence-electron chi connectivity index (χ1n) is 5.98. The van der Waals surface area contributed by atoms with Gasteiger partial charge < -0.3 is 14.9 Å². The summed E-state index contributed by atoms with van der Waals surface area (Å²) in [6.45, 7) is 4.59. The van der Waals surface area contributed by atoms with Crippen LogP contribution in [-0.2, 0) is 6.54 Å². The topological polar surface area (TPSA) is 61.2 Å². The molecule has 2 aromatic rings. The fourth-order valence-corrected chi connectivity index (χ4v) is 1.96. The molecule has 0 aliphatic rings. The molecule has 19 heavy (non-hydrogen) atoms. The molecule has 2 heterocycles. The normalized spacial score (nSPS) is 10.3. The molecule has 0 spiro atoms. The lowest BCUT2D eigenvalue weighted by Gasteiger charge is -2.15. The van der Waals surface area contributed by atoms with E-state index in [1.54, 1.807) is 14.2 Å². The van der Waals surface area contributed by atoms with E-state index >= 15 is 0 Å². The van der Waals surface area contributed by atoms with E-state index in [0.717, 1.165) is 17.0 Å². The van der Waals surface area contributed by atoms with E-state index in [9.17, 15) is 0 Å². The minimum absolute atomic E-state index is 0.516. The number of rotatable bonds is 5. The van der Waals surface area contributed by atoms with Crippen molar-refractivity contribution >= 4 is 0 Å². The zero-order chi connectivity index (χ0) is 13.8. The van der Waals surface area contributed by atoms with Gasteiger partial charge in [-0.3, -0.25) is 4.68 Å². The monoisotopic (exact) mass is 262 g/mol. The van der Waals surface area contributed by atoms with Crippen LogP contribution in [0.2, 0.25) is 0 Å². The molecular weight excluding hydrogens is 244 g/mol. The molecule has 0 bridgehead atoms. The molecule has 2 aromatic heterocycles. The zero-order valence-corrected chi connectivity index (χ0v) is 11.6. The Labute approximate surface area is 112 Å². The van der Waals surface area contributed by atoms with Crippen LogP contribution in [0.25, 0.3) is 0 Å². The number of hydrogen-bond donors (Lipinski definition) is 1. The third-order valence-corrected chi connectivity index (χ3v) is 2.94. The summed E-state index contributed by atoms with van der Waals surface area (Å²) in [6.07, 6.45) is 1.42. The van der Waals surface area contributed by atoms with Crippen LogP contribution in [0, 0.1) is 13.8 Å². The van der Waals surface area contributed by atoms with Gasteiger partial charge in [0.2, 0.25) is 11.8 Å². The van der Waals surface area contributed by atoms with E-state index in [1.165, 1.54) is 6.33 Å². The molecule has 0 fully saturated rings. The van der Waals surface area contributed by atoms with E-state index < -0.39 is 0 Å². The van der Waals surface area contributed by atoms with Crippen molar-refractivity contribution in [3.8, 4) is 11.8 Å². The highest BCUT2D eigenvalue weighted by atomic mass is 16.5. The highest BCUT2D eigenvalue weighted by Crippen LogP contribution is 2.23. The summed E-state index contributed by atoms with van der Waals surface area (Å²) in [4.78, 5) is 8.18. The highest BCUT2D eigenvalue weighted by molar-refractivity contribution is 5.35. The van der Waals surface area contributed by atoms with Crippen molar-refractivity contribution in [2.24, 2.45) is 0 Å². The van der Waals surface area contributed by atoms with Gasteiger partial charge in [0.15, 0.2) is 0 Å². The molecule has 0 saturated heterocycles. The van der Waals surface area contributed by atoms with Gasteiger partial charge in [0.1, 0.15) is 6.33 Å². The van der Waals surface area contributed by atoms with E-state index in [2.05, 4.69) is 27.5 Å². The van der Waals surface area contributed by atoms with Gasteiger partial charge in [0.05, 0.1) is 26.3 Å². The molecule has 0 amide bonds. The average molecular weight is 262 g/mol. The van der Waals surface area contributed by atoms with E-state index in [1.807, 2.05) is 18.5 Å². The molecule has 0 atom stereocenters. The Morgan fingerprint density at radius 3 is 2.05 bits per heavy atom. The molecule has 6 nitrogen and oxygen atoms in total. The molecule has 0 aliphatic heterocycles. The first-order chi connectivity index (χ1) is 9.17. The van der Waals surface area contributed by atoms with E-state index in [4.69, 9.17) is 9.47 Å². The SMILES string of the molecule is COc1ncnc(OC)c1CNn1c(C)ccc1C. The van der Waals surface area contributed by atoms with Crippen LogP contribution in [0.5, 0.6) is 11.8 Å². The third-order valence-electron chi connectivity index (χ3n) is 2.94. The summed E-state index contributed by atoms with van der Waals surface area (Å²) in [5.41, 5.74) is 6.36. The molecule has 1 N–H and O–H groups in total. The maximum Gasteiger partial charge on any atom is 0.225 e. The Morgan fingerprint density at radius 1 is 1.05 bits per heavy atom. The van der Waals surface area contributed by atoms with Crippen molar-refractivity contribution in [3.05, 3.63) is 35.4 Å². The quantitative estimate of drug-likeness (QED) is 0.888. The number of hydrogen-bond acceptors (Lipinski definition) is 5. The van der Waals surface area contributed by atoms with Crippen molar-refractivity contribution in [1.82, 2.24) is 14.6 Å². The van der Waals surface area contributed by atoms with Crippen LogP contribution in [0.4, 0.5) is 0 Å². The number of nitrogens with zero attached hydrogens (tertiary/aromatic N) is 3. The van der Waals surface area contributed by atoms with Crippen molar-refractivity contribution in [2.45, 2.75) is 20.4 Å². The summed E-state index contributed by atoms with van der Waals surface area (Å²) in [7, 11) is 3.16. The average Bonchev–Trinajstić information content (AvgIpc) is 2.75. The number of aromatic nitrogens is 3. The van der Waals surface area contributed by atoms with E-state index in [-0.39, 0.29) is 0 Å². The minimum Gasteiger partial charge on any atom is -0.481 e. The standard InChI is InChI=1S/C13H18N4O2/c1-9-5-6-10(2)17(9)16-7-11-12(18-3)14-8-15-13(11)19-4/h5-6,8,16H,7H2,1-4H3. The fourth-order valence-electron chi connectivity index (χ4n) is 1.96. The number of ether oxygens (including phenoxy) is 2. The number of nitrogens with one attached hydrogen (secondary N) is 1. The second-order valence-corrected chi connectivity index (χ2v) is 4.16. The van der Waals surface area contributed by atoms with Gasteiger partial charge >= 0.3 is 0 Å². The van der Waals surface area contributed by atoms with Crippen molar-refractivity contribution in [2.75, 3.05) is 19.6 Å². The first kappa shape index (κ1) is 13.2. The first-order valence-corrected chi connectivity index (χ1v) is 5.98. The molecule has 6 heteroatoms. The van der Waals surface area contributed by atoms with Crippen LogP contribution in [0.15, 0.2) is 18.5 Å². The molecule has 102 valence electrons. The molecule has 2 rings (SSSR count). The van der Waals surface area contributed by atoms with Gasteiger partial charge in [-0.1, -0.05) is 0 Å². The zero-order valence-electron chi connectivity index (χ0n) is 11.6. The Kier molecular flexibility index (Phi) is 3.89. The van der Waals surface area contributed by atoms with Gasteiger partial charge in [-0.25, -0.2) is 9.97 Å². The summed E-state index contributed by atoms with van der Waals surface area (Å²) in [5, 5.41) is 0. The van der Waals surface area contributed by atoms with Crippen molar-refractivity contribution in [3.63, 3.8) is 0 Å². The largest absolute Gasteiger partial charge is 0.481 e. The predicted octanol–water partition coefficient (Wildman–Crippen LogP) is 1.66.